The number of benzene rings is 1. The van der Waals surface area contributed by atoms with E-state index in [1.54, 1.807) is 25.1 Å². The highest BCUT2D eigenvalue weighted by atomic mass is 35.5. The Morgan fingerprint density at radius 3 is 2.31 bits per heavy atom. The summed E-state index contributed by atoms with van der Waals surface area (Å²) in [5, 5.41) is 4.52. The van der Waals surface area contributed by atoms with E-state index in [0.29, 0.717) is 27.3 Å². The largest absolute Gasteiger partial charge is 0.337 e. The second-order valence-electron chi connectivity index (χ2n) is 3.23. The molecule has 0 saturated heterocycles. The van der Waals surface area contributed by atoms with E-state index in [1.807, 2.05) is 0 Å². The van der Waals surface area contributed by atoms with Gasteiger partial charge in [0.05, 0.1) is 0 Å². The highest BCUT2D eigenvalue weighted by molar-refractivity contribution is 6.35. The zero-order valence-corrected chi connectivity index (χ0v) is 10.5. The molecule has 1 atom stereocenters. The van der Waals surface area contributed by atoms with E-state index in [-0.39, 0.29) is 5.38 Å². The van der Waals surface area contributed by atoms with E-state index in [1.165, 1.54) is 0 Å². The first-order chi connectivity index (χ1) is 7.56. The molecule has 0 radical (unpaired) electrons. The number of hydrogen-bond acceptors (Lipinski definition) is 3. The van der Waals surface area contributed by atoms with E-state index in [2.05, 4.69) is 10.1 Å². The molecule has 0 aliphatic rings. The average Bonchev–Trinajstić information content (AvgIpc) is 2.64. The Hall–Kier alpha value is -0.770. The van der Waals surface area contributed by atoms with E-state index >= 15 is 0 Å². The first-order valence-corrected chi connectivity index (χ1v) is 5.69. The molecule has 2 aromatic rings. The van der Waals surface area contributed by atoms with Crippen molar-refractivity contribution in [3.8, 4) is 11.4 Å². The smallest absolute Gasteiger partial charge is 0.244 e. The highest BCUT2D eigenvalue weighted by Gasteiger charge is 2.13. The molecule has 0 fully saturated rings. The fourth-order valence-electron chi connectivity index (χ4n) is 1.20. The SMILES string of the molecule is CC(Cl)c1nc(-c2cc(Cl)cc(Cl)c2)no1. The summed E-state index contributed by atoms with van der Waals surface area (Å²) in [6.07, 6.45) is 0. The fourth-order valence-corrected chi connectivity index (χ4v) is 1.81. The van der Waals surface area contributed by atoms with Crippen LogP contribution in [-0.2, 0) is 0 Å². The van der Waals surface area contributed by atoms with Crippen LogP contribution in [0.2, 0.25) is 10.0 Å². The van der Waals surface area contributed by atoms with Crippen molar-refractivity contribution >= 4 is 34.8 Å². The highest BCUT2D eigenvalue weighted by Crippen LogP contribution is 2.27. The fraction of sp³-hybridized carbons (Fsp3) is 0.200. The predicted molar refractivity (Wildman–Crippen MR) is 64.0 cm³/mol. The van der Waals surface area contributed by atoms with Gasteiger partial charge < -0.3 is 4.52 Å². The minimum absolute atomic E-state index is 0.323. The van der Waals surface area contributed by atoms with Crippen molar-refractivity contribution in [1.29, 1.82) is 0 Å². The summed E-state index contributed by atoms with van der Waals surface area (Å²) in [5.74, 6) is 0.791. The molecule has 84 valence electrons. The van der Waals surface area contributed by atoms with Crippen LogP contribution in [0.4, 0.5) is 0 Å². The molecule has 16 heavy (non-hydrogen) atoms. The quantitative estimate of drug-likeness (QED) is 0.766. The van der Waals surface area contributed by atoms with Gasteiger partial charge in [-0.3, -0.25) is 0 Å². The molecule has 0 aliphatic heterocycles. The van der Waals surface area contributed by atoms with Crippen LogP contribution >= 0.6 is 34.8 Å². The van der Waals surface area contributed by atoms with Crippen molar-refractivity contribution in [1.82, 2.24) is 10.1 Å². The Morgan fingerprint density at radius 2 is 1.81 bits per heavy atom. The van der Waals surface area contributed by atoms with Crippen LogP contribution in [0, 0.1) is 0 Å². The van der Waals surface area contributed by atoms with Crippen molar-refractivity contribution in [2.24, 2.45) is 0 Å². The molecule has 1 heterocycles. The van der Waals surface area contributed by atoms with Crippen LogP contribution in [0.1, 0.15) is 18.2 Å². The number of halogens is 3. The Bertz CT molecular complexity index is 490. The van der Waals surface area contributed by atoms with Crippen LogP contribution in [0.25, 0.3) is 11.4 Å². The maximum Gasteiger partial charge on any atom is 0.244 e. The van der Waals surface area contributed by atoms with Gasteiger partial charge in [0.2, 0.25) is 11.7 Å². The zero-order valence-electron chi connectivity index (χ0n) is 8.25. The van der Waals surface area contributed by atoms with E-state index in [0.717, 1.165) is 0 Å². The molecule has 0 N–H and O–H groups in total. The van der Waals surface area contributed by atoms with Crippen LogP contribution in [0.15, 0.2) is 22.7 Å². The van der Waals surface area contributed by atoms with Crippen molar-refractivity contribution < 1.29 is 4.52 Å². The van der Waals surface area contributed by atoms with Gasteiger partial charge in [0, 0.05) is 15.6 Å². The van der Waals surface area contributed by atoms with Crippen molar-refractivity contribution in [3.05, 3.63) is 34.1 Å². The van der Waals surface area contributed by atoms with Crippen molar-refractivity contribution in [2.45, 2.75) is 12.3 Å². The summed E-state index contributed by atoms with van der Waals surface area (Å²) in [5.41, 5.74) is 0.699. The van der Waals surface area contributed by atoms with Crippen LogP contribution in [0.5, 0.6) is 0 Å². The Labute approximate surface area is 107 Å². The lowest BCUT2D eigenvalue weighted by Gasteiger charge is -1.97. The van der Waals surface area contributed by atoms with Gasteiger partial charge in [-0.1, -0.05) is 28.4 Å². The summed E-state index contributed by atoms with van der Waals surface area (Å²) >= 11 is 17.6. The van der Waals surface area contributed by atoms with Gasteiger partial charge in [-0.2, -0.15) is 4.98 Å². The number of aromatic nitrogens is 2. The maximum absolute atomic E-state index is 5.87. The maximum atomic E-state index is 5.87. The minimum Gasteiger partial charge on any atom is -0.337 e. The zero-order chi connectivity index (χ0) is 11.7. The summed E-state index contributed by atoms with van der Waals surface area (Å²) < 4.78 is 4.98. The van der Waals surface area contributed by atoms with Gasteiger partial charge >= 0.3 is 0 Å². The molecular formula is C10H7Cl3N2O. The van der Waals surface area contributed by atoms with Gasteiger partial charge in [-0.25, -0.2) is 0 Å². The van der Waals surface area contributed by atoms with Crippen LogP contribution < -0.4 is 0 Å². The molecule has 0 bridgehead atoms. The van der Waals surface area contributed by atoms with Gasteiger partial charge in [0.15, 0.2) is 0 Å². The average molecular weight is 278 g/mol. The van der Waals surface area contributed by atoms with Crippen LogP contribution in [-0.4, -0.2) is 10.1 Å². The summed E-state index contributed by atoms with van der Waals surface area (Å²) in [6, 6.07) is 5.06. The number of alkyl halides is 1. The molecule has 6 heteroatoms. The van der Waals surface area contributed by atoms with Gasteiger partial charge in [-0.15, -0.1) is 11.6 Å². The lowest BCUT2D eigenvalue weighted by molar-refractivity contribution is 0.379. The Balaban J connectivity index is 2.42. The predicted octanol–water partition coefficient (Wildman–Crippen LogP) is 4.34. The summed E-state index contributed by atoms with van der Waals surface area (Å²) in [6.45, 7) is 1.75. The standard InChI is InChI=1S/C10H7Cl3N2O/c1-5(11)10-14-9(15-16-10)6-2-7(12)4-8(13)3-6/h2-5H,1H3. The molecule has 0 spiro atoms. The number of hydrogen-bond donors (Lipinski definition) is 0. The van der Waals surface area contributed by atoms with Gasteiger partial charge in [0.25, 0.3) is 0 Å². The van der Waals surface area contributed by atoms with E-state index in [9.17, 15) is 0 Å². The number of rotatable bonds is 2. The Morgan fingerprint density at radius 1 is 1.19 bits per heavy atom. The molecule has 1 aromatic carbocycles. The van der Waals surface area contributed by atoms with Gasteiger partial charge in [0.1, 0.15) is 5.38 Å². The monoisotopic (exact) mass is 276 g/mol. The topological polar surface area (TPSA) is 38.9 Å². The van der Waals surface area contributed by atoms with Crippen molar-refractivity contribution in [2.75, 3.05) is 0 Å². The molecule has 1 unspecified atom stereocenters. The lowest BCUT2D eigenvalue weighted by atomic mass is 10.2. The molecule has 0 aliphatic carbocycles. The molecule has 2 rings (SSSR count). The van der Waals surface area contributed by atoms with E-state index < -0.39 is 0 Å². The third kappa shape index (κ3) is 2.48. The Kier molecular flexibility index (Phi) is 3.38. The molecule has 3 nitrogen and oxygen atoms in total. The number of nitrogens with zero attached hydrogens (tertiary/aromatic N) is 2. The first kappa shape index (κ1) is 11.7. The summed E-state index contributed by atoms with van der Waals surface area (Å²) in [7, 11) is 0. The first-order valence-electron chi connectivity index (χ1n) is 4.50. The second-order valence-corrected chi connectivity index (χ2v) is 4.76. The normalized spacial score (nSPS) is 12.8. The molecular weight excluding hydrogens is 270 g/mol. The third-order valence-corrected chi connectivity index (χ3v) is 2.53. The van der Waals surface area contributed by atoms with Gasteiger partial charge in [-0.05, 0) is 25.1 Å². The lowest BCUT2D eigenvalue weighted by Crippen LogP contribution is -1.85. The molecule has 0 saturated carbocycles. The molecule has 0 amide bonds. The van der Waals surface area contributed by atoms with Crippen LogP contribution in [0.3, 0.4) is 0 Å². The van der Waals surface area contributed by atoms with E-state index in [4.69, 9.17) is 39.3 Å². The molecule has 1 aromatic heterocycles. The summed E-state index contributed by atoms with van der Waals surface area (Å²) in [4.78, 5) is 4.14. The second kappa shape index (κ2) is 4.62. The van der Waals surface area contributed by atoms with Crippen molar-refractivity contribution in [3.63, 3.8) is 0 Å². The minimum atomic E-state index is -0.323. The third-order valence-electron chi connectivity index (χ3n) is 1.90.